The summed E-state index contributed by atoms with van der Waals surface area (Å²) < 4.78 is 0. The molecule has 0 saturated carbocycles. The average molecular weight is 395 g/mol. The van der Waals surface area contributed by atoms with Crippen LogP contribution in [0.1, 0.15) is 23.6 Å². The van der Waals surface area contributed by atoms with Gasteiger partial charge in [-0.3, -0.25) is 4.79 Å². The van der Waals surface area contributed by atoms with E-state index in [1.165, 1.54) is 0 Å². The molecule has 1 amide bonds. The zero-order valence-corrected chi connectivity index (χ0v) is 15.7. The molecule has 0 aliphatic heterocycles. The van der Waals surface area contributed by atoms with Gasteiger partial charge in [0.05, 0.1) is 12.1 Å². The quantitative estimate of drug-likeness (QED) is 0.629. The number of halogens is 2. The summed E-state index contributed by atoms with van der Waals surface area (Å²) in [6.45, 7) is 1.57. The van der Waals surface area contributed by atoms with Crippen molar-refractivity contribution in [3.05, 3.63) is 63.1 Å². The molecule has 2 atom stereocenters. The van der Waals surface area contributed by atoms with Crippen molar-refractivity contribution in [3.8, 4) is 5.75 Å². The molecule has 0 heterocycles. The van der Waals surface area contributed by atoms with E-state index in [2.05, 4.69) is 5.32 Å². The smallest absolute Gasteiger partial charge is 0.237 e. The highest BCUT2D eigenvalue weighted by atomic mass is 35.5. The van der Waals surface area contributed by atoms with Gasteiger partial charge >= 0.3 is 0 Å². The number of hydrogen-bond acceptors (Lipinski definition) is 4. The van der Waals surface area contributed by atoms with Gasteiger partial charge in [-0.25, -0.2) is 0 Å². The number of amides is 1. The number of nitrogens with two attached hydrogens (primary N) is 1. The van der Waals surface area contributed by atoms with Gasteiger partial charge in [-0.05, 0) is 48.2 Å². The van der Waals surface area contributed by atoms with Crippen LogP contribution in [0.3, 0.4) is 0 Å². The first-order valence-electron chi connectivity index (χ1n) is 8.06. The van der Waals surface area contributed by atoms with Crippen molar-refractivity contribution >= 4 is 35.4 Å². The molecule has 0 spiro atoms. The van der Waals surface area contributed by atoms with Gasteiger partial charge in [-0.2, -0.15) is 0 Å². The third kappa shape index (κ3) is 5.21. The largest absolute Gasteiger partial charge is 0.508 e. The van der Waals surface area contributed by atoms with E-state index in [4.69, 9.17) is 28.9 Å². The molecular weight excluding hydrogens is 375 g/mol. The lowest BCUT2D eigenvalue weighted by Crippen LogP contribution is -2.46. The summed E-state index contributed by atoms with van der Waals surface area (Å²) in [5.41, 5.74) is 8.03. The first kappa shape index (κ1) is 20.2. The van der Waals surface area contributed by atoms with Gasteiger partial charge < -0.3 is 21.0 Å². The van der Waals surface area contributed by atoms with Gasteiger partial charge in [0.2, 0.25) is 5.91 Å². The topological polar surface area (TPSA) is 92.4 Å². The van der Waals surface area contributed by atoms with E-state index in [-0.39, 0.29) is 12.2 Å². The summed E-state index contributed by atoms with van der Waals surface area (Å²) in [5.74, 6) is -0.300. The Kier molecular flexibility index (Phi) is 7.03. The minimum atomic E-state index is -0.807. The Labute approximate surface area is 162 Å². The Morgan fingerprint density at radius 2 is 1.92 bits per heavy atom. The van der Waals surface area contributed by atoms with E-state index >= 15 is 0 Å². The van der Waals surface area contributed by atoms with Crippen molar-refractivity contribution < 1.29 is 14.7 Å². The van der Waals surface area contributed by atoms with Crippen LogP contribution in [-0.4, -0.2) is 29.4 Å². The zero-order chi connectivity index (χ0) is 19.3. The van der Waals surface area contributed by atoms with Gasteiger partial charge in [0.1, 0.15) is 12.0 Å². The first-order chi connectivity index (χ1) is 12.3. The average Bonchev–Trinajstić information content (AvgIpc) is 2.60. The van der Waals surface area contributed by atoms with Crippen molar-refractivity contribution in [2.75, 3.05) is 0 Å². The maximum atomic E-state index is 12.0. The molecule has 2 aromatic rings. The fraction of sp³-hybridized carbons (Fsp3) is 0.263. The van der Waals surface area contributed by atoms with Gasteiger partial charge in [0.15, 0.2) is 0 Å². The lowest BCUT2D eigenvalue weighted by molar-refractivity contribution is -0.124. The van der Waals surface area contributed by atoms with E-state index in [0.717, 1.165) is 5.56 Å². The van der Waals surface area contributed by atoms with Crippen molar-refractivity contribution in [1.29, 1.82) is 0 Å². The Hall–Kier alpha value is -2.08. The highest BCUT2D eigenvalue weighted by Gasteiger charge is 2.17. The number of carbonyl (C=O) groups excluding carboxylic acids is 2. The van der Waals surface area contributed by atoms with Crippen LogP contribution < -0.4 is 11.1 Å². The van der Waals surface area contributed by atoms with Crippen LogP contribution in [0.25, 0.3) is 0 Å². The Morgan fingerprint density at radius 1 is 1.27 bits per heavy atom. The van der Waals surface area contributed by atoms with Gasteiger partial charge in [-0.15, -0.1) is 0 Å². The molecule has 0 unspecified atom stereocenters. The molecule has 0 aliphatic carbocycles. The second-order valence-electron chi connectivity index (χ2n) is 6.08. The van der Waals surface area contributed by atoms with Crippen LogP contribution in [0, 0.1) is 0 Å². The fourth-order valence-corrected chi connectivity index (χ4v) is 3.04. The molecule has 0 fully saturated rings. The molecule has 0 radical (unpaired) electrons. The lowest BCUT2D eigenvalue weighted by atomic mass is 9.98. The van der Waals surface area contributed by atoms with Crippen LogP contribution in [0.5, 0.6) is 5.75 Å². The molecule has 0 saturated heterocycles. The van der Waals surface area contributed by atoms with Crippen LogP contribution in [0.4, 0.5) is 0 Å². The lowest BCUT2D eigenvalue weighted by Gasteiger charge is -2.15. The summed E-state index contributed by atoms with van der Waals surface area (Å²) in [5, 5.41) is 13.7. The van der Waals surface area contributed by atoms with E-state index in [9.17, 15) is 14.7 Å². The van der Waals surface area contributed by atoms with Crippen LogP contribution in [-0.2, 0) is 22.4 Å². The van der Waals surface area contributed by atoms with E-state index < -0.39 is 18.0 Å². The number of benzene rings is 2. The molecule has 0 bridgehead atoms. The Bertz CT molecular complexity index is 791. The summed E-state index contributed by atoms with van der Waals surface area (Å²) in [4.78, 5) is 22.6. The molecule has 26 heavy (non-hydrogen) atoms. The molecule has 2 aromatic carbocycles. The summed E-state index contributed by atoms with van der Waals surface area (Å²) in [6, 6.07) is 8.84. The molecule has 5 nitrogen and oxygen atoms in total. The third-order valence-corrected chi connectivity index (χ3v) is 4.65. The van der Waals surface area contributed by atoms with Gasteiger partial charge in [0.25, 0.3) is 0 Å². The molecule has 0 aromatic heterocycles. The maximum absolute atomic E-state index is 12.0. The van der Waals surface area contributed by atoms with Crippen molar-refractivity contribution in [2.24, 2.45) is 5.73 Å². The molecule has 2 rings (SSSR count). The van der Waals surface area contributed by atoms with Crippen molar-refractivity contribution in [1.82, 2.24) is 5.32 Å². The highest BCUT2D eigenvalue weighted by Crippen LogP contribution is 2.30. The summed E-state index contributed by atoms with van der Waals surface area (Å²) in [6.07, 6.45) is 1.25. The van der Waals surface area contributed by atoms with E-state index in [1.54, 1.807) is 43.3 Å². The minimum Gasteiger partial charge on any atom is -0.508 e. The van der Waals surface area contributed by atoms with Crippen molar-refractivity contribution in [3.63, 3.8) is 0 Å². The van der Waals surface area contributed by atoms with E-state index in [0.29, 0.717) is 33.9 Å². The van der Waals surface area contributed by atoms with Crippen LogP contribution >= 0.6 is 23.2 Å². The minimum absolute atomic E-state index is 0.109. The molecule has 4 N–H and O–H groups in total. The molecule has 138 valence electrons. The number of aldehydes is 1. The number of rotatable bonds is 7. The van der Waals surface area contributed by atoms with Crippen LogP contribution in [0.15, 0.2) is 36.4 Å². The summed E-state index contributed by atoms with van der Waals surface area (Å²) in [7, 11) is 0. The molecule has 7 heteroatoms. The maximum Gasteiger partial charge on any atom is 0.237 e. The Balaban J connectivity index is 2.17. The number of phenolic OH excluding ortho intramolecular Hbond substituents is 1. The van der Waals surface area contributed by atoms with Gasteiger partial charge in [0, 0.05) is 16.5 Å². The fourth-order valence-electron chi connectivity index (χ4n) is 2.51. The number of hydrogen-bond donors (Lipinski definition) is 3. The predicted octanol–water partition coefficient (Wildman–Crippen LogP) is 2.86. The number of carbonyl (C=O) groups is 2. The number of phenols is 1. The molecule has 0 aliphatic rings. The van der Waals surface area contributed by atoms with Crippen LogP contribution in [0.2, 0.25) is 10.0 Å². The SMILES string of the molecule is C[C@@H](C=O)NC(=O)[C@@H](N)Cc1ccc(O)c(Cc2c(Cl)cccc2Cl)c1. The standard InChI is InChI=1S/C19H20Cl2N2O3/c1-11(10-24)23-19(26)17(22)8-12-5-6-18(25)13(7-12)9-14-15(20)3-2-4-16(14)21/h2-7,10-11,17,25H,8-9,22H2,1H3,(H,23,26)/t11-,17-/m0/s1. The third-order valence-electron chi connectivity index (χ3n) is 3.94. The van der Waals surface area contributed by atoms with E-state index in [1.807, 2.05) is 0 Å². The Morgan fingerprint density at radius 3 is 2.54 bits per heavy atom. The second kappa shape index (κ2) is 9.03. The predicted molar refractivity (Wildman–Crippen MR) is 103 cm³/mol. The second-order valence-corrected chi connectivity index (χ2v) is 6.90. The monoisotopic (exact) mass is 394 g/mol. The number of nitrogens with one attached hydrogen (secondary N) is 1. The van der Waals surface area contributed by atoms with Gasteiger partial charge in [-0.1, -0.05) is 41.4 Å². The number of aromatic hydroxyl groups is 1. The normalized spacial score (nSPS) is 13.1. The molecular formula is C19H20Cl2N2O3. The summed E-state index contributed by atoms with van der Waals surface area (Å²) >= 11 is 12.4. The van der Waals surface area contributed by atoms with Crippen molar-refractivity contribution in [2.45, 2.75) is 31.8 Å². The first-order valence-corrected chi connectivity index (χ1v) is 8.82. The zero-order valence-electron chi connectivity index (χ0n) is 14.2. The highest BCUT2D eigenvalue weighted by molar-refractivity contribution is 6.36.